The van der Waals surface area contributed by atoms with Crippen molar-refractivity contribution < 1.29 is 56.4 Å². The Labute approximate surface area is 628 Å². The van der Waals surface area contributed by atoms with Crippen LogP contribution in [0.4, 0.5) is 0 Å². The van der Waals surface area contributed by atoms with Crippen molar-refractivity contribution in [3.05, 3.63) is 329 Å². The van der Waals surface area contributed by atoms with E-state index in [4.69, 9.17) is 19.3 Å². The molecule has 0 atom stereocenters. The molecule has 12 aromatic carbocycles. The van der Waals surface area contributed by atoms with Crippen molar-refractivity contribution in [1.29, 1.82) is 0 Å². The van der Waals surface area contributed by atoms with Crippen LogP contribution in [0.3, 0.4) is 0 Å². The minimum atomic E-state index is -1.43. The van der Waals surface area contributed by atoms with Crippen LogP contribution in [0.15, 0.2) is 261 Å². The quantitative estimate of drug-likeness (QED) is 0.118. The first-order chi connectivity index (χ1) is 55.7. The van der Waals surface area contributed by atoms with Crippen molar-refractivity contribution in [2.45, 2.75) is 103 Å². The van der Waals surface area contributed by atoms with Crippen molar-refractivity contribution in [2.24, 2.45) is 0 Å². The van der Waals surface area contributed by atoms with E-state index in [9.17, 15) is 16.4 Å². The van der Waals surface area contributed by atoms with Gasteiger partial charge < -0.3 is 13.9 Å². The van der Waals surface area contributed by atoms with Crippen LogP contribution in [0.5, 0.6) is 11.5 Å². The van der Waals surface area contributed by atoms with E-state index in [1.807, 2.05) is 112 Å². The van der Waals surface area contributed by atoms with E-state index in [-0.39, 0.29) is 176 Å². The number of hydrogen-bond acceptors (Lipinski definition) is 2. The Kier molecular flexibility index (Phi) is 10.3. The van der Waals surface area contributed by atoms with E-state index >= 15 is 0 Å². The van der Waals surface area contributed by atoms with Crippen LogP contribution >= 0.6 is 0 Å². The maximum Gasteiger partial charge on any atom is 0.268 e. The third-order valence-corrected chi connectivity index (χ3v) is 20.8. The summed E-state index contributed by atoms with van der Waals surface area (Å²) in [7, 11) is 0. The van der Waals surface area contributed by atoms with E-state index in [0.29, 0.717) is 55.7 Å². The first kappa shape index (κ1) is 45.3. The van der Waals surface area contributed by atoms with Gasteiger partial charge in [0, 0.05) is 71.5 Å². The molecule has 3 aromatic heterocycles. The van der Waals surface area contributed by atoms with Gasteiger partial charge in [0.1, 0.15) is 5.82 Å². The summed E-state index contributed by atoms with van der Waals surface area (Å²) in [5, 5.41) is 1.39. The van der Waals surface area contributed by atoms with Crippen LogP contribution in [-0.2, 0) is 48.1 Å². The van der Waals surface area contributed by atoms with Gasteiger partial charge in [0.2, 0.25) is 0 Å². The predicted octanol–water partition coefficient (Wildman–Crippen LogP) is 23.1. The number of ether oxygens (including phenoxy) is 1. The number of benzene rings is 12. The number of fused-ring (bicyclic) bond motifs is 14. The van der Waals surface area contributed by atoms with Gasteiger partial charge in [0.05, 0.1) is 42.8 Å². The van der Waals surface area contributed by atoms with Gasteiger partial charge in [-0.3, -0.25) is 4.57 Å². The van der Waals surface area contributed by atoms with Gasteiger partial charge in [0.15, 0.2) is 0 Å². The van der Waals surface area contributed by atoms with Crippen LogP contribution in [0.1, 0.15) is 152 Å². The number of nitrogens with zero attached hydrogens (tertiary/aromatic N) is 4. The zero-order valence-electron chi connectivity index (χ0n) is 75.9. The second-order valence-electron chi connectivity index (χ2n) is 29.2. The second-order valence-corrected chi connectivity index (χ2v) is 29.2. The Hall–Kier alpha value is -10.5. The molecule has 4 heterocycles. The molecule has 0 fully saturated rings. The Morgan fingerprint density at radius 1 is 0.450 bits per heavy atom. The molecule has 0 saturated heterocycles. The smallest absolute Gasteiger partial charge is 0.268 e. The molecule has 5 nitrogen and oxygen atoms in total. The normalized spacial score (nSPS) is 17.4. The zero-order chi connectivity index (χ0) is 84.2. The molecular weight excluding hydrogens is 1400 g/mol. The van der Waals surface area contributed by atoms with Gasteiger partial charge in [-0.25, -0.2) is 4.98 Å². The summed E-state index contributed by atoms with van der Waals surface area (Å²) in [6, 6.07) is 43.0. The van der Waals surface area contributed by atoms with Crippen LogP contribution in [-0.4, -0.2) is 14.1 Å². The van der Waals surface area contributed by atoms with Crippen LogP contribution in [0.25, 0.3) is 117 Å². The van der Waals surface area contributed by atoms with Crippen LogP contribution in [0.2, 0.25) is 0 Å². The molecule has 0 N–H and O–H groups in total. The van der Waals surface area contributed by atoms with Gasteiger partial charge in [0.25, 0.3) is 6.33 Å². The molecule has 15 aromatic rings. The van der Waals surface area contributed by atoms with E-state index in [1.165, 1.54) is 0 Å². The number of aromatic nitrogens is 4. The van der Waals surface area contributed by atoms with Crippen molar-refractivity contribution >= 4 is 32.8 Å². The molecule has 0 unspecified atom stereocenters. The first-order valence-electron chi connectivity index (χ1n) is 42.8. The van der Waals surface area contributed by atoms with E-state index in [2.05, 4.69) is 39.2 Å². The summed E-state index contributed by atoms with van der Waals surface area (Å²) >= 11 is 0. The largest absolute Gasteiger partial charge is 0.509 e. The molecular formula is C94H76N4OPt-2. The third kappa shape index (κ3) is 9.44. The van der Waals surface area contributed by atoms with Gasteiger partial charge in [-0.15, -0.1) is 23.6 Å². The summed E-state index contributed by atoms with van der Waals surface area (Å²) < 4.78 is 196. The summed E-state index contributed by atoms with van der Waals surface area (Å²) in [6.07, 6.45) is 5.54. The number of pyridine rings is 1. The standard InChI is InChI=1S/C94H76N4O.Pt/c1-90(2,3)61-49-50-95-86(53-61)98-82-41-24-19-34-69(82)73-55-72(58-27-13-12-14-28-58)85(56-84(73)98)99-63-30-25-29-62(54-63)96-57-97-88-71(36-26-42-83(88)96)68-33-16-15-31-66(68)67-32-17-18-35-70(67)87-64(59-43-47-78-80(51-59)93(8,9)76-39-22-20-37-74(76)91(78,4)5)45-46-65(89(87)97)60-44-48-79-81(52-60)94(10,11)77-40-23-21-38-75(77)92(79,6)7;/h12-53,55H,1-11H3;/q-2;/i12D,13D,14D,20D,21D,22D,23D,27D,28D,37D,38D,39D,40D,43D,44D,47D,48D,51D,52D;. The minimum absolute atomic E-state index is 0. The van der Waals surface area contributed by atoms with Crippen molar-refractivity contribution in [3.63, 3.8) is 0 Å². The molecule has 0 bridgehead atoms. The Bertz CT molecular complexity index is 7060. The minimum Gasteiger partial charge on any atom is -0.509 e. The first-order valence-corrected chi connectivity index (χ1v) is 33.3. The number of rotatable bonds is 7. The molecule has 2 aliphatic carbocycles. The number of imidazole rings is 1. The van der Waals surface area contributed by atoms with Crippen LogP contribution < -0.4 is 9.30 Å². The Morgan fingerprint density at radius 2 is 0.970 bits per heavy atom. The monoisotopic (exact) mass is 1490 g/mol. The summed E-state index contributed by atoms with van der Waals surface area (Å²) in [6.45, 7) is 20.5. The van der Waals surface area contributed by atoms with E-state index < -0.39 is 82.1 Å². The van der Waals surface area contributed by atoms with Gasteiger partial charge in [-0.1, -0.05) is 299 Å². The van der Waals surface area contributed by atoms with Gasteiger partial charge >= 0.3 is 0 Å². The molecule has 3 aliphatic rings. The van der Waals surface area contributed by atoms with E-state index in [0.717, 1.165) is 27.6 Å². The maximum absolute atomic E-state index is 11.0. The molecule has 18 rings (SSSR count). The Balaban J connectivity index is 0.0000101. The molecule has 1 aliphatic heterocycles. The summed E-state index contributed by atoms with van der Waals surface area (Å²) in [4.78, 5) is 4.91. The molecule has 6 heteroatoms. The van der Waals surface area contributed by atoms with Crippen molar-refractivity contribution in [3.8, 4) is 95.5 Å². The van der Waals surface area contributed by atoms with E-state index in [1.54, 1.807) is 103 Å². The molecule has 0 radical (unpaired) electrons. The molecule has 0 amide bonds. The number of hydrogen-bond donors (Lipinski definition) is 0. The van der Waals surface area contributed by atoms with Crippen LogP contribution in [0, 0.1) is 18.5 Å². The van der Waals surface area contributed by atoms with Gasteiger partial charge in [-0.05, 0) is 141 Å². The van der Waals surface area contributed by atoms with Crippen molar-refractivity contribution in [2.75, 3.05) is 0 Å². The van der Waals surface area contributed by atoms with Gasteiger partial charge in [-0.2, -0.15) is 18.2 Å². The maximum atomic E-state index is 11.0. The molecule has 100 heavy (non-hydrogen) atoms. The third-order valence-electron chi connectivity index (χ3n) is 20.8. The fraction of sp³-hybridized carbons (Fsp3) is 0.170. The fourth-order valence-corrected chi connectivity index (χ4v) is 15.6. The topological polar surface area (TPSA) is 35.9 Å². The van der Waals surface area contributed by atoms with Crippen molar-refractivity contribution in [1.82, 2.24) is 14.1 Å². The second kappa shape index (κ2) is 22.8. The molecule has 490 valence electrons. The SMILES string of the molecule is [2H]c1c([2H])c([2H])c(-c2cc3c4ccccc4n(-c4cc(C(C)(C)C)ccn4)c3[c-]c2Oc2[c-]c(-n3[c-][n+]4c5c(cccc53)-c3ccccc3-c3ccccc3-c3c(-c5c([2H])c([2H])c6c(c5[2H])C(C)(C)c5c([2H])c([2H])c([2H])c([2H])c5C6(C)C)ccc(-c5c([2H])c([2H])c6c(c5[2H])C(C)(C)c5c([2H])c([2H])c([2H])c([2H])c5C6(C)C)c3-4)ccc2)c([2H])c1[2H].[Pt]. The zero-order valence-corrected chi connectivity index (χ0v) is 59.1. The summed E-state index contributed by atoms with van der Waals surface area (Å²) in [5.41, 5.74) is 3.93. The Morgan fingerprint density at radius 3 is 1.61 bits per heavy atom. The average Bonchev–Trinajstić information content (AvgIpc) is 1.29. The number of para-hydroxylation sites is 2. The predicted molar refractivity (Wildman–Crippen MR) is 406 cm³/mol. The average molecular weight is 1490 g/mol. The summed E-state index contributed by atoms with van der Waals surface area (Å²) in [5.74, 6) is 0.630. The molecule has 0 saturated carbocycles. The fourth-order valence-electron chi connectivity index (χ4n) is 15.6. The molecule has 0 spiro atoms.